The maximum absolute atomic E-state index is 14.1. The summed E-state index contributed by atoms with van der Waals surface area (Å²) in [5, 5.41) is 10.5. The van der Waals surface area contributed by atoms with Crippen molar-refractivity contribution < 1.29 is 52.0 Å². The number of ether oxygens (including phenoxy) is 4. The van der Waals surface area contributed by atoms with Crippen LogP contribution in [0.1, 0.15) is 88.2 Å². The number of carbonyl (C=O) groups is 4. The molecule has 2 heterocycles. The number of aryl methyl sites for hydroxylation is 6. The summed E-state index contributed by atoms with van der Waals surface area (Å²) in [7, 11) is 0. The Balaban J connectivity index is 0.000000221. The second-order valence-corrected chi connectivity index (χ2v) is 19.2. The molecule has 13 heteroatoms. The Morgan fingerprint density at radius 2 is 0.895 bits per heavy atom. The molecule has 8 aromatic rings. The van der Waals surface area contributed by atoms with Crippen molar-refractivity contribution in [1.29, 1.82) is 0 Å². The summed E-state index contributed by atoms with van der Waals surface area (Å²) in [6.07, 6.45) is 5.57. The number of aromatic nitrogens is 2. The molecular weight excluding hydrogens is 967 g/mol. The molecule has 0 aliphatic carbocycles. The van der Waals surface area contributed by atoms with Crippen molar-refractivity contribution in [3.63, 3.8) is 0 Å². The van der Waals surface area contributed by atoms with Crippen LogP contribution in [0.4, 0.5) is 8.78 Å². The monoisotopic (exact) mass is 1030 g/mol. The van der Waals surface area contributed by atoms with Crippen LogP contribution in [0.5, 0.6) is 34.5 Å². The van der Waals surface area contributed by atoms with Crippen LogP contribution in [0.2, 0.25) is 0 Å². The Morgan fingerprint density at radius 3 is 1.30 bits per heavy atom. The van der Waals surface area contributed by atoms with Gasteiger partial charge in [0.25, 0.3) is 0 Å². The molecule has 0 unspecified atom stereocenters. The summed E-state index contributed by atoms with van der Waals surface area (Å²) in [6.45, 7) is 13.9. The van der Waals surface area contributed by atoms with E-state index in [2.05, 4.69) is 9.97 Å². The molecule has 0 aliphatic rings. The van der Waals surface area contributed by atoms with E-state index in [1.54, 1.807) is 49.6 Å². The number of halogens is 2. The van der Waals surface area contributed by atoms with Crippen molar-refractivity contribution >= 4 is 45.1 Å². The number of pyridine rings is 2. The van der Waals surface area contributed by atoms with Crippen LogP contribution in [0.25, 0.3) is 21.8 Å². The Morgan fingerprint density at radius 1 is 0.474 bits per heavy atom. The summed E-state index contributed by atoms with van der Waals surface area (Å²) >= 11 is 0. The second-order valence-electron chi connectivity index (χ2n) is 19.2. The quantitative estimate of drug-likeness (QED) is 0.0646. The molecule has 8 rings (SSSR count). The zero-order valence-corrected chi connectivity index (χ0v) is 44.0. The van der Waals surface area contributed by atoms with E-state index in [4.69, 9.17) is 24.1 Å². The highest BCUT2D eigenvalue weighted by atomic mass is 19.1. The third-order valence-electron chi connectivity index (χ3n) is 12.8. The maximum atomic E-state index is 14.1. The van der Waals surface area contributed by atoms with Crippen molar-refractivity contribution in [1.82, 2.24) is 9.97 Å². The van der Waals surface area contributed by atoms with Crippen molar-refractivity contribution in [2.45, 2.75) is 99.8 Å². The molecule has 0 saturated heterocycles. The Labute approximate surface area is 441 Å². The lowest BCUT2D eigenvalue weighted by atomic mass is 9.98. The largest absolute Gasteiger partial charge is 0.493 e. The third kappa shape index (κ3) is 15.4. The van der Waals surface area contributed by atoms with Crippen LogP contribution in [-0.2, 0) is 44.9 Å². The Bertz CT molecular complexity index is 3220. The first-order chi connectivity index (χ1) is 36.4. The normalized spacial score (nSPS) is 11.0. The fourth-order valence-electron chi connectivity index (χ4n) is 8.68. The lowest BCUT2D eigenvalue weighted by Crippen LogP contribution is -2.09. The van der Waals surface area contributed by atoms with Gasteiger partial charge in [0.05, 0.1) is 24.2 Å². The fraction of sp³-hybridized carbons (Fsp3) is 0.270. The number of hydrogen-bond acceptors (Lipinski definition) is 10. The number of carbonyl (C=O) groups excluding carboxylic acids is 3. The number of rotatable bonds is 22. The van der Waals surface area contributed by atoms with E-state index in [0.717, 1.165) is 66.5 Å². The third-order valence-corrected chi connectivity index (χ3v) is 12.8. The first-order valence-corrected chi connectivity index (χ1v) is 25.2. The fourth-order valence-corrected chi connectivity index (χ4v) is 8.68. The average Bonchev–Trinajstić information content (AvgIpc) is 3.37. The van der Waals surface area contributed by atoms with E-state index in [1.165, 1.54) is 12.1 Å². The van der Waals surface area contributed by atoms with Gasteiger partial charge in [-0.2, -0.15) is 0 Å². The minimum atomic E-state index is -0.847. The number of carboxylic acid groups (broad SMARTS) is 1. The summed E-state index contributed by atoms with van der Waals surface area (Å²) in [4.78, 5) is 56.1. The van der Waals surface area contributed by atoms with Gasteiger partial charge in [0.1, 0.15) is 63.5 Å². The number of benzene rings is 6. The van der Waals surface area contributed by atoms with Crippen LogP contribution in [0.3, 0.4) is 0 Å². The van der Waals surface area contributed by atoms with E-state index >= 15 is 0 Å². The number of hydrogen-bond donors (Lipinski definition) is 1. The van der Waals surface area contributed by atoms with E-state index in [9.17, 15) is 28.0 Å². The summed E-state index contributed by atoms with van der Waals surface area (Å²) in [5.41, 5.74) is 9.58. The average molecular weight is 1030 g/mol. The van der Waals surface area contributed by atoms with Crippen molar-refractivity contribution in [3.8, 4) is 34.5 Å². The molecule has 0 fully saturated rings. The van der Waals surface area contributed by atoms with Gasteiger partial charge >= 0.3 is 5.97 Å². The molecule has 76 heavy (non-hydrogen) atoms. The Kier molecular flexibility index (Phi) is 18.8. The molecule has 0 bridgehead atoms. The molecule has 392 valence electrons. The van der Waals surface area contributed by atoms with Gasteiger partial charge in [-0.3, -0.25) is 24.4 Å². The van der Waals surface area contributed by atoms with E-state index in [-0.39, 0.29) is 61.1 Å². The standard InChI is InChI=1S/C32H32FNO4.C31H30FNO5/c1-20-7-10-29(33)25(14-20)18-26(36)17-24-8-9-27(15-21(24)2)38-31-11-12-34-30-19-32(22(3)16-28(30)31)37-13-5-6-23(4)35;1-19-6-9-27(32)23(13-19)17-24(34)16-22-7-8-25(14-20(22)2)38-29-10-11-33-28-18-30(21(3)15-26(28)29)37-12-4-5-31(35)36/h7-12,14-16,19H,5-6,13,17-18H2,1-4H3;6-11,13-15,18H,4-5,12,16-17H2,1-3H3,(H,35,36). The number of fused-ring (bicyclic) bond motifs is 2. The summed E-state index contributed by atoms with van der Waals surface area (Å²) in [5.74, 6) is 2.47. The minimum Gasteiger partial charge on any atom is -0.493 e. The molecule has 0 spiro atoms. The molecule has 1 N–H and O–H groups in total. The van der Waals surface area contributed by atoms with Crippen molar-refractivity contribution in [2.75, 3.05) is 13.2 Å². The highest BCUT2D eigenvalue weighted by Gasteiger charge is 2.16. The van der Waals surface area contributed by atoms with Gasteiger partial charge in [0.15, 0.2) is 0 Å². The minimum absolute atomic E-state index is 0.0406. The second kappa shape index (κ2) is 25.8. The van der Waals surface area contributed by atoms with Gasteiger partial charge < -0.3 is 28.8 Å². The molecule has 0 atom stereocenters. The molecule has 11 nitrogen and oxygen atoms in total. The molecular formula is C63H62F2N2O9. The molecule has 0 aliphatic heterocycles. The van der Waals surface area contributed by atoms with Crippen LogP contribution in [0, 0.1) is 53.2 Å². The summed E-state index contributed by atoms with van der Waals surface area (Å²) < 4.78 is 52.2. The van der Waals surface area contributed by atoms with E-state index < -0.39 is 5.97 Å². The highest BCUT2D eigenvalue weighted by molar-refractivity contribution is 5.89. The zero-order valence-electron chi connectivity index (χ0n) is 44.0. The van der Waals surface area contributed by atoms with Crippen LogP contribution in [-0.4, -0.2) is 51.6 Å². The SMILES string of the molecule is CC(=O)CCCOc1cc2nccc(Oc3ccc(CC(=O)Cc4cc(C)ccc4F)c(C)c3)c2cc1C.Cc1ccc(F)c(CC(=O)Cc2ccc(Oc3ccnc4cc(OCCCC(=O)O)c(C)cc34)cc2C)c1. The van der Waals surface area contributed by atoms with Crippen molar-refractivity contribution in [3.05, 3.63) is 189 Å². The van der Waals surface area contributed by atoms with Gasteiger partial charge in [0.2, 0.25) is 0 Å². The van der Waals surface area contributed by atoms with Gasteiger partial charge in [-0.1, -0.05) is 47.5 Å². The molecule has 2 aromatic heterocycles. The van der Waals surface area contributed by atoms with Gasteiger partial charge in [0, 0.05) is 73.8 Å². The number of ketones is 3. The lowest BCUT2D eigenvalue weighted by molar-refractivity contribution is -0.137. The number of aliphatic carboxylic acids is 1. The summed E-state index contributed by atoms with van der Waals surface area (Å²) in [6, 6.07) is 32.1. The maximum Gasteiger partial charge on any atom is 0.303 e. The molecule has 0 saturated carbocycles. The van der Waals surface area contributed by atoms with Gasteiger partial charge in [-0.25, -0.2) is 8.78 Å². The smallest absolute Gasteiger partial charge is 0.303 e. The van der Waals surface area contributed by atoms with E-state index in [0.29, 0.717) is 77.9 Å². The highest BCUT2D eigenvalue weighted by Crippen LogP contribution is 2.36. The first kappa shape index (κ1) is 55.4. The van der Waals surface area contributed by atoms with Crippen LogP contribution in [0.15, 0.2) is 122 Å². The van der Waals surface area contributed by atoms with E-state index in [1.807, 2.05) is 108 Å². The number of carboxylic acids is 1. The lowest BCUT2D eigenvalue weighted by Gasteiger charge is -2.14. The topological polar surface area (TPSA) is 151 Å². The zero-order chi connectivity index (χ0) is 54.5. The molecule has 6 aromatic carbocycles. The number of nitrogens with zero attached hydrogens (tertiary/aromatic N) is 2. The van der Waals surface area contributed by atoms with Gasteiger partial charge in [-0.05, 0) is 166 Å². The van der Waals surface area contributed by atoms with Crippen LogP contribution >= 0.6 is 0 Å². The van der Waals surface area contributed by atoms with Crippen molar-refractivity contribution in [2.24, 2.45) is 0 Å². The predicted molar refractivity (Wildman–Crippen MR) is 290 cm³/mol. The molecule has 0 radical (unpaired) electrons. The van der Waals surface area contributed by atoms with Crippen LogP contribution < -0.4 is 18.9 Å². The van der Waals surface area contributed by atoms with Gasteiger partial charge in [-0.15, -0.1) is 0 Å². The predicted octanol–water partition coefficient (Wildman–Crippen LogP) is 13.9. The Hall–Kier alpha value is -8.32. The first-order valence-electron chi connectivity index (χ1n) is 25.2. The number of Topliss-reactive ketones (excluding diaryl/α,β-unsaturated/α-hetero) is 3. The molecule has 0 amide bonds.